The number of methoxy groups -OCH3 is 1. The minimum Gasteiger partial charge on any atom is -0.394 e. The van der Waals surface area contributed by atoms with Gasteiger partial charge in [0, 0.05) is 28.8 Å². The molecule has 0 aromatic rings. The number of hydrogen-bond donors (Lipinski definition) is 1. The van der Waals surface area contributed by atoms with Crippen molar-refractivity contribution in [2.75, 3.05) is 20.3 Å². The van der Waals surface area contributed by atoms with E-state index in [1.807, 2.05) is 0 Å². The Balaban J connectivity index is 0. The van der Waals surface area contributed by atoms with Gasteiger partial charge in [-0.1, -0.05) is 0 Å². The SMILES string of the molecule is COCCO.[Ti]. The summed E-state index contributed by atoms with van der Waals surface area (Å²) in [4.78, 5) is 0. The summed E-state index contributed by atoms with van der Waals surface area (Å²) >= 11 is 0. The average molecular weight is 124 g/mol. The van der Waals surface area contributed by atoms with E-state index in [1.165, 1.54) is 0 Å². The first-order valence-electron chi connectivity index (χ1n) is 1.51. The summed E-state index contributed by atoms with van der Waals surface area (Å²) in [7, 11) is 1.55. The van der Waals surface area contributed by atoms with Crippen molar-refractivity contribution in [2.45, 2.75) is 0 Å². The quantitative estimate of drug-likeness (QED) is 0.508. The van der Waals surface area contributed by atoms with Crippen molar-refractivity contribution in [1.82, 2.24) is 0 Å². The number of aliphatic hydroxyl groups excluding tert-OH is 1. The smallest absolute Gasteiger partial charge is 0.0693 e. The first kappa shape index (κ1) is 9.81. The van der Waals surface area contributed by atoms with Crippen LogP contribution in [0, 0.1) is 0 Å². The molecule has 0 bridgehead atoms. The molecule has 2 nitrogen and oxygen atoms in total. The molecule has 0 aliphatic rings. The van der Waals surface area contributed by atoms with Gasteiger partial charge in [-0.25, -0.2) is 0 Å². The van der Waals surface area contributed by atoms with Crippen LogP contribution in [0.5, 0.6) is 0 Å². The second-order valence-electron chi connectivity index (χ2n) is 0.716. The molecule has 0 saturated heterocycles. The summed E-state index contributed by atoms with van der Waals surface area (Å²) in [5.74, 6) is 0. The summed E-state index contributed by atoms with van der Waals surface area (Å²) in [6.07, 6.45) is 0. The fourth-order valence-electron chi connectivity index (χ4n) is 0.0913. The molecule has 0 spiro atoms. The third kappa shape index (κ3) is 8.82. The van der Waals surface area contributed by atoms with Crippen molar-refractivity contribution < 1.29 is 31.6 Å². The van der Waals surface area contributed by atoms with E-state index in [9.17, 15) is 0 Å². The molecule has 0 aliphatic heterocycles. The Hall–Kier alpha value is 0.634. The van der Waals surface area contributed by atoms with Gasteiger partial charge in [-0.05, 0) is 0 Å². The monoisotopic (exact) mass is 124 g/mol. The molecule has 0 fully saturated rings. The molecule has 0 amide bonds. The van der Waals surface area contributed by atoms with E-state index in [0.29, 0.717) is 6.61 Å². The van der Waals surface area contributed by atoms with Crippen molar-refractivity contribution in [3.8, 4) is 0 Å². The van der Waals surface area contributed by atoms with Gasteiger partial charge in [0.2, 0.25) is 0 Å². The van der Waals surface area contributed by atoms with E-state index in [1.54, 1.807) is 7.11 Å². The van der Waals surface area contributed by atoms with Crippen LogP contribution >= 0.6 is 0 Å². The van der Waals surface area contributed by atoms with E-state index in [2.05, 4.69) is 4.74 Å². The zero-order valence-electron chi connectivity index (χ0n) is 3.77. The molecule has 0 aromatic carbocycles. The van der Waals surface area contributed by atoms with Crippen molar-refractivity contribution in [3.05, 3.63) is 0 Å². The largest absolute Gasteiger partial charge is 0.394 e. The Morgan fingerprint density at radius 2 is 2.17 bits per heavy atom. The molecule has 0 rings (SSSR count). The van der Waals surface area contributed by atoms with Crippen LogP contribution in [0.1, 0.15) is 0 Å². The second kappa shape index (κ2) is 9.16. The van der Waals surface area contributed by atoms with Crippen LogP contribution in [-0.2, 0) is 26.5 Å². The topological polar surface area (TPSA) is 29.5 Å². The van der Waals surface area contributed by atoms with Crippen molar-refractivity contribution >= 4 is 0 Å². The molecule has 1 N–H and O–H groups in total. The van der Waals surface area contributed by atoms with Gasteiger partial charge >= 0.3 is 0 Å². The average Bonchev–Trinajstić information content (AvgIpc) is 1.41. The van der Waals surface area contributed by atoms with Crippen LogP contribution in [0.2, 0.25) is 0 Å². The van der Waals surface area contributed by atoms with Crippen LogP contribution in [-0.4, -0.2) is 25.4 Å². The van der Waals surface area contributed by atoms with E-state index < -0.39 is 0 Å². The van der Waals surface area contributed by atoms with Gasteiger partial charge in [0.25, 0.3) is 0 Å². The fourth-order valence-corrected chi connectivity index (χ4v) is 0.0913. The van der Waals surface area contributed by atoms with Crippen LogP contribution < -0.4 is 0 Å². The van der Waals surface area contributed by atoms with Crippen molar-refractivity contribution in [3.63, 3.8) is 0 Å². The zero-order chi connectivity index (χ0) is 4.12. The molecule has 36 valence electrons. The molecule has 0 radical (unpaired) electrons. The molecule has 6 heavy (non-hydrogen) atoms. The number of ether oxygens (including phenoxy) is 1. The molecule has 0 heterocycles. The summed E-state index contributed by atoms with van der Waals surface area (Å²) in [5.41, 5.74) is 0. The molecule has 0 atom stereocenters. The van der Waals surface area contributed by atoms with Crippen LogP contribution in [0.25, 0.3) is 0 Å². The standard InChI is InChI=1S/C3H8O2.Ti/c1-5-3-2-4;/h4H,2-3H2,1H3;. The Morgan fingerprint density at radius 3 is 2.17 bits per heavy atom. The first-order valence-corrected chi connectivity index (χ1v) is 1.51. The van der Waals surface area contributed by atoms with E-state index in [-0.39, 0.29) is 28.3 Å². The Morgan fingerprint density at radius 1 is 1.67 bits per heavy atom. The summed E-state index contributed by atoms with van der Waals surface area (Å²) in [5, 5.41) is 7.94. The minimum atomic E-state index is 0. The number of rotatable bonds is 2. The van der Waals surface area contributed by atoms with E-state index >= 15 is 0 Å². The molecule has 3 heteroatoms. The molecular weight excluding hydrogens is 116 g/mol. The van der Waals surface area contributed by atoms with Gasteiger partial charge in [-0.3, -0.25) is 0 Å². The molecule has 0 aliphatic carbocycles. The van der Waals surface area contributed by atoms with E-state index in [0.717, 1.165) is 0 Å². The van der Waals surface area contributed by atoms with Gasteiger partial charge in [0.15, 0.2) is 0 Å². The summed E-state index contributed by atoms with van der Waals surface area (Å²) in [6, 6.07) is 0. The third-order valence-corrected chi connectivity index (χ3v) is 0.295. The Labute approximate surface area is 52.4 Å². The van der Waals surface area contributed by atoms with Gasteiger partial charge in [0.05, 0.1) is 13.2 Å². The molecular formula is C3H8O2Ti. The second-order valence-corrected chi connectivity index (χ2v) is 0.716. The maximum atomic E-state index is 7.94. The fraction of sp³-hybridized carbons (Fsp3) is 1.00. The minimum absolute atomic E-state index is 0. The predicted octanol–water partition coefficient (Wildman–Crippen LogP) is -0.377. The van der Waals surface area contributed by atoms with Gasteiger partial charge in [0.1, 0.15) is 0 Å². The van der Waals surface area contributed by atoms with Crippen LogP contribution in [0.3, 0.4) is 0 Å². The third-order valence-electron chi connectivity index (χ3n) is 0.295. The Kier molecular flexibility index (Phi) is 15.0. The van der Waals surface area contributed by atoms with Gasteiger partial charge < -0.3 is 9.84 Å². The van der Waals surface area contributed by atoms with Crippen molar-refractivity contribution in [2.24, 2.45) is 0 Å². The normalized spacial score (nSPS) is 7.00. The summed E-state index contributed by atoms with van der Waals surface area (Å²) in [6.45, 7) is 0.566. The molecule has 0 saturated carbocycles. The van der Waals surface area contributed by atoms with Crippen LogP contribution in [0.15, 0.2) is 0 Å². The summed E-state index contributed by atoms with van der Waals surface area (Å²) < 4.78 is 4.44. The first-order chi connectivity index (χ1) is 2.41. The Bertz CT molecular complexity index is 16.3. The maximum absolute atomic E-state index is 7.94. The molecule has 0 aromatic heterocycles. The van der Waals surface area contributed by atoms with Gasteiger partial charge in [-0.2, -0.15) is 0 Å². The zero-order valence-corrected chi connectivity index (χ0v) is 5.33. The van der Waals surface area contributed by atoms with Gasteiger partial charge in [-0.15, -0.1) is 0 Å². The van der Waals surface area contributed by atoms with Crippen molar-refractivity contribution in [1.29, 1.82) is 0 Å². The maximum Gasteiger partial charge on any atom is 0.0693 e. The predicted molar refractivity (Wildman–Crippen MR) is 19.0 cm³/mol. The van der Waals surface area contributed by atoms with E-state index in [4.69, 9.17) is 5.11 Å². The number of aliphatic hydroxyl groups is 1. The number of hydrogen-bond acceptors (Lipinski definition) is 2. The molecule has 0 unspecified atom stereocenters. The van der Waals surface area contributed by atoms with Crippen LogP contribution in [0.4, 0.5) is 0 Å².